The Labute approximate surface area is 64.0 Å². The number of ether oxygens (including phenoxy) is 1. The van der Waals surface area contributed by atoms with E-state index >= 15 is 0 Å². The lowest BCUT2D eigenvalue weighted by Gasteiger charge is -1.84. The highest BCUT2D eigenvalue weighted by molar-refractivity contribution is 4.43. The second-order valence-electron chi connectivity index (χ2n) is 2.42. The molecule has 0 aromatic rings. The van der Waals surface area contributed by atoms with E-state index < -0.39 is 0 Å². The zero-order chi connectivity index (χ0) is 7.66. The molecule has 0 spiro atoms. The molecule has 0 radical (unpaired) electrons. The topological polar surface area (TPSA) is 21.3 Å². The van der Waals surface area contributed by atoms with Crippen molar-refractivity contribution in [2.24, 2.45) is 0 Å². The lowest BCUT2D eigenvalue weighted by molar-refractivity contribution is 0.198. The average Bonchev–Trinajstić information content (AvgIpc) is 2.44. The second kappa shape index (κ2) is 8.92. The summed E-state index contributed by atoms with van der Waals surface area (Å²) in [6, 6.07) is 0. The van der Waals surface area contributed by atoms with E-state index in [0.717, 1.165) is 19.8 Å². The van der Waals surface area contributed by atoms with Gasteiger partial charge < -0.3 is 10.1 Å². The van der Waals surface area contributed by atoms with Crippen LogP contribution in [-0.2, 0) is 4.74 Å². The molecule has 62 valence electrons. The number of hydrogen-bond donors (Lipinski definition) is 1. The Kier molecular flexibility index (Phi) is 8.85. The van der Waals surface area contributed by atoms with Crippen LogP contribution in [0, 0.1) is 0 Å². The molecular formula is C8H19NO. The Balaban J connectivity index is 0.000000162. The van der Waals surface area contributed by atoms with Gasteiger partial charge in [0.1, 0.15) is 0 Å². The molecule has 0 saturated carbocycles. The Morgan fingerprint density at radius 2 is 1.90 bits per heavy atom. The monoisotopic (exact) mass is 145 g/mol. The van der Waals surface area contributed by atoms with Crippen molar-refractivity contribution in [3.63, 3.8) is 0 Å². The fraction of sp³-hybridized carbons (Fsp3) is 1.00. The molecule has 0 bridgehead atoms. The van der Waals surface area contributed by atoms with E-state index in [1.807, 2.05) is 7.05 Å². The molecule has 1 heterocycles. The van der Waals surface area contributed by atoms with Crippen LogP contribution in [0.25, 0.3) is 0 Å². The minimum Gasteiger partial charge on any atom is -0.381 e. The largest absolute Gasteiger partial charge is 0.381 e. The molecule has 1 aliphatic heterocycles. The van der Waals surface area contributed by atoms with Crippen molar-refractivity contribution in [2.45, 2.75) is 26.2 Å². The van der Waals surface area contributed by atoms with Crippen LogP contribution >= 0.6 is 0 Å². The number of nitrogens with one attached hydrogen (secondary N) is 1. The van der Waals surface area contributed by atoms with Crippen molar-refractivity contribution in [2.75, 3.05) is 26.8 Å². The highest BCUT2D eigenvalue weighted by Crippen LogP contribution is 1.98. The third-order valence-electron chi connectivity index (χ3n) is 1.33. The van der Waals surface area contributed by atoms with Crippen molar-refractivity contribution in [3.05, 3.63) is 0 Å². The van der Waals surface area contributed by atoms with E-state index in [-0.39, 0.29) is 0 Å². The van der Waals surface area contributed by atoms with Gasteiger partial charge in [-0.1, -0.05) is 6.92 Å². The number of hydrogen-bond acceptors (Lipinski definition) is 2. The third kappa shape index (κ3) is 7.92. The third-order valence-corrected chi connectivity index (χ3v) is 1.33. The van der Waals surface area contributed by atoms with Crippen LogP contribution < -0.4 is 5.32 Å². The highest BCUT2D eigenvalue weighted by Gasteiger charge is 1.94. The maximum Gasteiger partial charge on any atom is 0.0466 e. The summed E-state index contributed by atoms with van der Waals surface area (Å²) in [5.41, 5.74) is 0. The van der Waals surface area contributed by atoms with Gasteiger partial charge in [-0.05, 0) is 32.9 Å². The van der Waals surface area contributed by atoms with E-state index in [4.69, 9.17) is 4.74 Å². The maximum absolute atomic E-state index is 4.94. The minimum atomic E-state index is 1.00. The highest BCUT2D eigenvalue weighted by atomic mass is 16.5. The van der Waals surface area contributed by atoms with Gasteiger partial charge in [0.15, 0.2) is 0 Å². The van der Waals surface area contributed by atoms with E-state index in [9.17, 15) is 0 Å². The summed E-state index contributed by atoms with van der Waals surface area (Å²) in [6.45, 7) is 5.29. The molecule has 0 aliphatic carbocycles. The van der Waals surface area contributed by atoms with Crippen molar-refractivity contribution in [1.29, 1.82) is 0 Å². The van der Waals surface area contributed by atoms with Crippen molar-refractivity contribution in [3.8, 4) is 0 Å². The van der Waals surface area contributed by atoms with Gasteiger partial charge in [0.05, 0.1) is 0 Å². The summed E-state index contributed by atoms with van der Waals surface area (Å²) in [5, 5.41) is 3.02. The van der Waals surface area contributed by atoms with Crippen LogP contribution in [0.3, 0.4) is 0 Å². The predicted molar refractivity (Wildman–Crippen MR) is 44.3 cm³/mol. The first-order chi connectivity index (χ1) is 4.91. The average molecular weight is 145 g/mol. The van der Waals surface area contributed by atoms with E-state index in [2.05, 4.69) is 12.2 Å². The maximum atomic E-state index is 4.94. The van der Waals surface area contributed by atoms with Crippen molar-refractivity contribution < 1.29 is 4.74 Å². The zero-order valence-corrected chi connectivity index (χ0v) is 7.15. The van der Waals surface area contributed by atoms with Gasteiger partial charge in [0.25, 0.3) is 0 Å². The van der Waals surface area contributed by atoms with Crippen LogP contribution in [0.4, 0.5) is 0 Å². The van der Waals surface area contributed by atoms with E-state index in [0.29, 0.717) is 0 Å². The summed E-state index contributed by atoms with van der Waals surface area (Å²) in [6.07, 6.45) is 3.79. The summed E-state index contributed by atoms with van der Waals surface area (Å²) < 4.78 is 4.94. The van der Waals surface area contributed by atoms with Gasteiger partial charge >= 0.3 is 0 Å². The molecule has 2 heteroatoms. The van der Waals surface area contributed by atoms with Crippen molar-refractivity contribution in [1.82, 2.24) is 5.32 Å². The molecule has 1 aliphatic rings. The predicted octanol–water partition coefficient (Wildman–Crippen LogP) is 1.41. The molecule has 0 aromatic heterocycles. The van der Waals surface area contributed by atoms with Gasteiger partial charge in [-0.3, -0.25) is 0 Å². The summed E-state index contributed by atoms with van der Waals surface area (Å²) in [7, 11) is 1.96. The summed E-state index contributed by atoms with van der Waals surface area (Å²) in [5.74, 6) is 0. The number of rotatable bonds is 2. The molecule has 2 nitrogen and oxygen atoms in total. The Morgan fingerprint density at radius 3 is 2.00 bits per heavy atom. The molecule has 1 saturated heterocycles. The van der Waals surface area contributed by atoms with Gasteiger partial charge in [-0.25, -0.2) is 0 Å². The first-order valence-electron chi connectivity index (χ1n) is 4.14. The van der Waals surface area contributed by atoms with Gasteiger partial charge in [0, 0.05) is 13.2 Å². The lowest BCUT2D eigenvalue weighted by Crippen LogP contribution is -2.04. The molecule has 0 amide bonds. The summed E-state index contributed by atoms with van der Waals surface area (Å²) in [4.78, 5) is 0. The van der Waals surface area contributed by atoms with Crippen LogP contribution in [0.15, 0.2) is 0 Å². The van der Waals surface area contributed by atoms with Gasteiger partial charge in [0.2, 0.25) is 0 Å². The normalized spacial score (nSPS) is 16.2. The quantitative estimate of drug-likeness (QED) is 0.634. The van der Waals surface area contributed by atoms with Crippen molar-refractivity contribution >= 4 is 0 Å². The molecule has 0 atom stereocenters. The zero-order valence-electron chi connectivity index (χ0n) is 7.15. The molecule has 10 heavy (non-hydrogen) atoms. The molecule has 1 N–H and O–H groups in total. The fourth-order valence-electron chi connectivity index (χ4n) is 0.760. The van der Waals surface area contributed by atoms with Gasteiger partial charge in [-0.2, -0.15) is 0 Å². The smallest absolute Gasteiger partial charge is 0.0466 e. The summed E-state index contributed by atoms with van der Waals surface area (Å²) >= 11 is 0. The first kappa shape index (κ1) is 9.92. The van der Waals surface area contributed by atoms with E-state index in [1.165, 1.54) is 19.3 Å². The Bertz CT molecular complexity index is 43.6. The molecule has 1 rings (SSSR count). The second-order valence-corrected chi connectivity index (χ2v) is 2.42. The molecular weight excluding hydrogens is 126 g/mol. The minimum absolute atomic E-state index is 1.00. The lowest BCUT2D eigenvalue weighted by atomic mass is 10.4. The Hall–Kier alpha value is -0.0800. The van der Waals surface area contributed by atoms with Crippen LogP contribution in [0.5, 0.6) is 0 Å². The molecule has 1 fully saturated rings. The fourth-order valence-corrected chi connectivity index (χ4v) is 0.760. The van der Waals surface area contributed by atoms with Gasteiger partial charge in [-0.15, -0.1) is 0 Å². The SMILES string of the molecule is C1CCOC1.CCCNC. The van der Waals surface area contributed by atoms with E-state index in [1.54, 1.807) is 0 Å². The Morgan fingerprint density at radius 1 is 1.30 bits per heavy atom. The first-order valence-corrected chi connectivity index (χ1v) is 4.14. The van der Waals surface area contributed by atoms with Crippen LogP contribution in [0.2, 0.25) is 0 Å². The van der Waals surface area contributed by atoms with Crippen LogP contribution in [0.1, 0.15) is 26.2 Å². The molecule has 0 aromatic carbocycles. The standard InChI is InChI=1S/C4H11N.C4H8O/c1-3-4-5-2;1-2-4-5-3-1/h5H,3-4H2,1-2H3;1-4H2. The van der Waals surface area contributed by atoms with Crippen LogP contribution in [-0.4, -0.2) is 26.8 Å². The molecule has 0 unspecified atom stereocenters.